The van der Waals surface area contributed by atoms with Crippen molar-refractivity contribution in [3.8, 4) is 0 Å². The lowest BCUT2D eigenvalue weighted by Gasteiger charge is -2.34. The molecule has 2 heterocycles. The summed E-state index contributed by atoms with van der Waals surface area (Å²) in [6, 6.07) is 11.2. The molecular formula is C19H25N5O2S. The smallest absolute Gasteiger partial charge is 0.233 e. The van der Waals surface area contributed by atoms with Gasteiger partial charge in [0.05, 0.1) is 0 Å². The Morgan fingerprint density at radius 3 is 2.41 bits per heavy atom. The Kier molecular flexibility index (Phi) is 6.92. The van der Waals surface area contributed by atoms with E-state index in [1.54, 1.807) is 18.5 Å². The van der Waals surface area contributed by atoms with Crippen molar-refractivity contribution >= 4 is 22.0 Å². The average Bonchev–Trinajstić information content (AvgIpc) is 2.72. The molecule has 7 nitrogen and oxygen atoms in total. The Balaban J connectivity index is 1.35. The van der Waals surface area contributed by atoms with Crippen LogP contribution in [-0.4, -0.2) is 62.6 Å². The van der Waals surface area contributed by atoms with Crippen molar-refractivity contribution in [1.29, 1.82) is 0 Å². The van der Waals surface area contributed by atoms with Crippen molar-refractivity contribution in [3.05, 3.63) is 59.8 Å². The summed E-state index contributed by atoms with van der Waals surface area (Å²) >= 11 is 0. The topological polar surface area (TPSA) is 78.4 Å². The minimum absolute atomic E-state index is 0.434. The molecule has 1 aromatic carbocycles. The van der Waals surface area contributed by atoms with Crippen molar-refractivity contribution in [2.24, 2.45) is 0 Å². The fourth-order valence-corrected chi connectivity index (χ4v) is 3.78. The monoisotopic (exact) mass is 387 g/mol. The highest BCUT2D eigenvalue weighted by molar-refractivity contribution is 7.92. The molecule has 3 rings (SSSR count). The number of sulfonamides is 1. The first-order valence-corrected chi connectivity index (χ1v) is 10.6. The minimum atomic E-state index is -3.40. The summed E-state index contributed by atoms with van der Waals surface area (Å²) in [5, 5.41) is 1.22. The molecule has 1 saturated heterocycles. The molecule has 0 amide bonds. The number of nitrogens with zero attached hydrogens (tertiary/aromatic N) is 4. The van der Waals surface area contributed by atoms with E-state index in [-0.39, 0.29) is 0 Å². The Labute approximate surface area is 160 Å². The van der Waals surface area contributed by atoms with Gasteiger partial charge in [-0.25, -0.2) is 23.1 Å². The van der Waals surface area contributed by atoms with Gasteiger partial charge in [-0.15, -0.1) is 0 Å². The van der Waals surface area contributed by atoms with Crippen LogP contribution in [0.4, 0.5) is 5.95 Å². The van der Waals surface area contributed by atoms with E-state index in [1.807, 2.05) is 36.4 Å². The first-order valence-electron chi connectivity index (χ1n) is 9.09. The number of benzene rings is 1. The molecule has 0 bridgehead atoms. The number of piperazine rings is 1. The van der Waals surface area contributed by atoms with Gasteiger partial charge in [0, 0.05) is 50.5 Å². The molecule has 2 aromatic rings. The molecule has 144 valence electrons. The summed E-state index contributed by atoms with van der Waals surface area (Å²) < 4.78 is 26.7. The summed E-state index contributed by atoms with van der Waals surface area (Å²) in [4.78, 5) is 13.1. The Morgan fingerprint density at radius 2 is 1.70 bits per heavy atom. The lowest BCUT2D eigenvalue weighted by Crippen LogP contribution is -2.47. The zero-order valence-corrected chi connectivity index (χ0v) is 16.1. The Hall–Kier alpha value is -2.29. The van der Waals surface area contributed by atoms with E-state index in [0.29, 0.717) is 6.54 Å². The molecule has 0 spiro atoms. The number of hydrogen-bond acceptors (Lipinski definition) is 6. The third-order valence-corrected chi connectivity index (χ3v) is 5.50. The van der Waals surface area contributed by atoms with Crippen molar-refractivity contribution in [3.63, 3.8) is 0 Å². The fourth-order valence-electron chi connectivity index (χ4n) is 2.92. The number of anilines is 1. The Bertz CT molecular complexity index is 820. The van der Waals surface area contributed by atoms with Crippen molar-refractivity contribution in [2.75, 3.05) is 44.2 Å². The second-order valence-electron chi connectivity index (χ2n) is 6.38. The lowest BCUT2D eigenvalue weighted by atomic mass is 10.2. The van der Waals surface area contributed by atoms with Gasteiger partial charge < -0.3 is 4.90 Å². The van der Waals surface area contributed by atoms with Gasteiger partial charge in [-0.2, -0.15) is 0 Å². The maximum atomic E-state index is 12.0. The maximum Gasteiger partial charge on any atom is 0.233 e. The van der Waals surface area contributed by atoms with Crippen molar-refractivity contribution < 1.29 is 8.42 Å². The second-order valence-corrected chi connectivity index (χ2v) is 8.03. The molecule has 1 fully saturated rings. The van der Waals surface area contributed by atoms with Crippen LogP contribution in [0.3, 0.4) is 0 Å². The van der Waals surface area contributed by atoms with E-state index >= 15 is 0 Å². The summed E-state index contributed by atoms with van der Waals surface area (Å²) in [7, 11) is -3.40. The highest BCUT2D eigenvalue weighted by Crippen LogP contribution is 2.09. The molecule has 27 heavy (non-hydrogen) atoms. The fraction of sp³-hybridized carbons (Fsp3) is 0.368. The minimum Gasteiger partial charge on any atom is -0.338 e. The van der Waals surface area contributed by atoms with Crippen LogP contribution in [0, 0.1) is 0 Å². The molecule has 0 saturated carbocycles. The van der Waals surface area contributed by atoms with Gasteiger partial charge in [-0.1, -0.05) is 30.3 Å². The highest BCUT2D eigenvalue weighted by Gasteiger charge is 2.18. The zero-order valence-electron chi connectivity index (χ0n) is 15.2. The van der Waals surface area contributed by atoms with E-state index in [2.05, 4.69) is 24.5 Å². The van der Waals surface area contributed by atoms with Crippen LogP contribution in [0.5, 0.6) is 0 Å². The quantitative estimate of drug-likeness (QED) is 0.693. The summed E-state index contributed by atoms with van der Waals surface area (Å²) in [6.45, 7) is 4.93. The van der Waals surface area contributed by atoms with Gasteiger partial charge in [0.2, 0.25) is 16.0 Å². The maximum absolute atomic E-state index is 12.0. The van der Waals surface area contributed by atoms with Crippen molar-refractivity contribution in [2.45, 2.75) is 6.42 Å². The Morgan fingerprint density at radius 1 is 1.00 bits per heavy atom. The van der Waals surface area contributed by atoms with Gasteiger partial charge in [-0.05, 0) is 30.7 Å². The molecule has 0 radical (unpaired) electrons. The van der Waals surface area contributed by atoms with E-state index in [9.17, 15) is 8.42 Å². The number of aromatic nitrogens is 2. The third-order valence-electron chi connectivity index (χ3n) is 4.40. The van der Waals surface area contributed by atoms with Crippen LogP contribution in [0.2, 0.25) is 0 Å². The summed E-state index contributed by atoms with van der Waals surface area (Å²) in [5.41, 5.74) is 0.864. The van der Waals surface area contributed by atoms with Gasteiger partial charge in [0.25, 0.3) is 0 Å². The number of hydrogen-bond donors (Lipinski definition) is 1. The average molecular weight is 388 g/mol. The van der Waals surface area contributed by atoms with E-state index in [1.165, 1.54) is 5.41 Å². The van der Waals surface area contributed by atoms with Gasteiger partial charge >= 0.3 is 0 Å². The lowest BCUT2D eigenvalue weighted by molar-refractivity contribution is 0.254. The molecule has 8 heteroatoms. The third kappa shape index (κ3) is 6.42. The zero-order chi connectivity index (χ0) is 19.0. The van der Waals surface area contributed by atoms with Crippen LogP contribution < -0.4 is 9.62 Å². The molecular weight excluding hydrogens is 362 g/mol. The molecule has 1 aromatic heterocycles. The van der Waals surface area contributed by atoms with Crippen LogP contribution in [0.1, 0.15) is 12.0 Å². The summed E-state index contributed by atoms with van der Waals surface area (Å²) in [6.07, 6.45) is 5.90. The van der Waals surface area contributed by atoms with Crippen LogP contribution in [0.15, 0.2) is 54.2 Å². The second kappa shape index (κ2) is 9.59. The number of rotatable bonds is 8. The predicted molar refractivity (Wildman–Crippen MR) is 108 cm³/mol. The summed E-state index contributed by atoms with van der Waals surface area (Å²) in [5.74, 6) is 0.773. The van der Waals surface area contributed by atoms with Crippen LogP contribution in [-0.2, 0) is 10.0 Å². The molecule has 0 unspecified atom stereocenters. The molecule has 1 aliphatic rings. The van der Waals surface area contributed by atoms with Crippen LogP contribution in [0.25, 0.3) is 6.08 Å². The normalized spacial score (nSPS) is 16.1. The van der Waals surface area contributed by atoms with E-state index in [0.717, 1.165) is 50.7 Å². The standard InChI is InChI=1S/C19H25N5O2S/c25-27(26,17-8-18-6-2-1-3-7-18)22-11-5-12-23-13-15-24(16-14-23)19-20-9-4-10-21-19/h1-4,6-10,17,22H,5,11-16H2/b17-8+. The first-order chi connectivity index (χ1) is 13.1. The van der Waals surface area contributed by atoms with Gasteiger partial charge in [0.1, 0.15) is 0 Å². The van der Waals surface area contributed by atoms with E-state index in [4.69, 9.17) is 0 Å². The van der Waals surface area contributed by atoms with Gasteiger partial charge in [-0.3, -0.25) is 4.90 Å². The van der Waals surface area contributed by atoms with E-state index < -0.39 is 10.0 Å². The van der Waals surface area contributed by atoms with Crippen LogP contribution >= 0.6 is 0 Å². The first kappa shape index (κ1) is 19.5. The van der Waals surface area contributed by atoms with Gasteiger partial charge in [0.15, 0.2) is 0 Å². The SMILES string of the molecule is O=S(=O)(/C=C/c1ccccc1)NCCCN1CCN(c2ncccn2)CC1. The van der Waals surface area contributed by atoms with Crippen molar-refractivity contribution in [1.82, 2.24) is 19.6 Å². The highest BCUT2D eigenvalue weighted by atomic mass is 32.2. The molecule has 0 aliphatic carbocycles. The number of nitrogens with one attached hydrogen (secondary N) is 1. The largest absolute Gasteiger partial charge is 0.338 e. The predicted octanol–water partition coefficient (Wildman–Crippen LogP) is 1.58. The molecule has 0 atom stereocenters. The molecule has 1 N–H and O–H groups in total. The molecule has 1 aliphatic heterocycles.